The molecule has 0 aliphatic heterocycles. The molecular weight excluding hydrogens is 695 g/mol. The number of rotatable bonds is 7. The van der Waals surface area contributed by atoms with Crippen molar-refractivity contribution in [3.8, 4) is 33.8 Å². The van der Waals surface area contributed by atoms with E-state index in [4.69, 9.17) is 4.98 Å². The highest BCUT2D eigenvalue weighted by molar-refractivity contribution is 6.10. The Labute approximate surface area is 333 Å². The van der Waals surface area contributed by atoms with Gasteiger partial charge in [-0.15, -0.1) is 0 Å². The summed E-state index contributed by atoms with van der Waals surface area (Å²) < 4.78 is 6.99. The molecule has 0 spiro atoms. The molecular formula is C52H42N5+. The van der Waals surface area contributed by atoms with Gasteiger partial charge >= 0.3 is 0 Å². The summed E-state index contributed by atoms with van der Waals surface area (Å²) in [5, 5.41) is 2.37. The maximum Gasteiger partial charge on any atom is 0.191 e. The number of hydrogen-bond acceptors (Lipinski definition) is 2. The van der Waals surface area contributed by atoms with E-state index in [9.17, 15) is 0 Å². The van der Waals surface area contributed by atoms with Crippen molar-refractivity contribution in [1.29, 1.82) is 0 Å². The summed E-state index contributed by atoms with van der Waals surface area (Å²) >= 11 is 0. The second-order valence-corrected chi connectivity index (χ2v) is 15.6. The molecule has 10 rings (SSSR count). The minimum Gasteiger partial charge on any atom is -0.309 e. The number of para-hydroxylation sites is 4. The molecule has 10 aromatic rings. The molecule has 0 N–H and O–H groups in total. The Morgan fingerprint density at radius 2 is 1.09 bits per heavy atom. The van der Waals surface area contributed by atoms with Crippen molar-refractivity contribution >= 4 is 49.9 Å². The lowest BCUT2D eigenvalue weighted by atomic mass is 9.95. The quantitative estimate of drug-likeness (QED) is 0.153. The molecule has 0 aliphatic carbocycles. The van der Waals surface area contributed by atoms with E-state index in [1.54, 1.807) is 0 Å². The smallest absolute Gasteiger partial charge is 0.191 e. The van der Waals surface area contributed by atoms with E-state index < -0.39 is 0 Å². The number of hydrogen-bond donors (Lipinski definition) is 0. The Hall–Kier alpha value is -7.24. The van der Waals surface area contributed by atoms with E-state index in [-0.39, 0.29) is 5.54 Å². The highest BCUT2D eigenvalue weighted by Crippen LogP contribution is 2.41. The van der Waals surface area contributed by atoms with Crippen molar-refractivity contribution < 1.29 is 0 Å². The minimum absolute atomic E-state index is 0.0773. The van der Waals surface area contributed by atoms with Gasteiger partial charge in [-0.2, -0.15) is 4.57 Å². The van der Waals surface area contributed by atoms with Crippen molar-refractivity contribution in [2.24, 2.45) is 0 Å². The van der Waals surface area contributed by atoms with Gasteiger partial charge in [-0.25, -0.2) is 9.55 Å². The van der Waals surface area contributed by atoms with Crippen LogP contribution in [0.15, 0.2) is 201 Å². The van der Waals surface area contributed by atoms with Crippen LogP contribution >= 0.6 is 0 Å². The predicted molar refractivity (Wildman–Crippen MR) is 238 cm³/mol. The minimum atomic E-state index is -0.0773. The van der Waals surface area contributed by atoms with E-state index >= 15 is 0 Å². The van der Waals surface area contributed by atoms with Crippen molar-refractivity contribution in [2.75, 3.05) is 4.90 Å². The summed E-state index contributed by atoms with van der Waals surface area (Å²) in [7, 11) is 0. The number of benzene rings is 7. The Balaban J connectivity index is 1.15. The first kappa shape index (κ1) is 34.3. The molecule has 5 nitrogen and oxygen atoms in total. The molecule has 3 heterocycles. The molecule has 57 heavy (non-hydrogen) atoms. The van der Waals surface area contributed by atoms with Gasteiger partial charge in [-0.1, -0.05) is 97.1 Å². The molecule has 5 heteroatoms. The first-order valence-corrected chi connectivity index (χ1v) is 19.5. The number of fused-ring (bicyclic) bond motifs is 4. The largest absolute Gasteiger partial charge is 0.309 e. The Morgan fingerprint density at radius 3 is 1.86 bits per heavy atom. The van der Waals surface area contributed by atoms with E-state index in [0.29, 0.717) is 0 Å². The highest BCUT2D eigenvalue weighted by Gasteiger charge is 2.25. The first-order chi connectivity index (χ1) is 27.9. The summed E-state index contributed by atoms with van der Waals surface area (Å²) in [5.41, 5.74) is 13.5. The molecule has 274 valence electrons. The molecule has 3 aromatic heterocycles. The molecule has 0 fully saturated rings. The van der Waals surface area contributed by atoms with Crippen molar-refractivity contribution in [3.63, 3.8) is 0 Å². The average Bonchev–Trinajstić information content (AvgIpc) is 3.82. The van der Waals surface area contributed by atoms with Gasteiger partial charge in [0.2, 0.25) is 0 Å². The van der Waals surface area contributed by atoms with Crippen molar-refractivity contribution in [3.05, 3.63) is 201 Å². The summed E-state index contributed by atoms with van der Waals surface area (Å²) in [4.78, 5) is 7.39. The predicted octanol–water partition coefficient (Wildman–Crippen LogP) is 13.8. The van der Waals surface area contributed by atoms with Gasteiger partial charge in [0.05, 0.1) is 22.3 Å². The SMILES string of the molecule is CC(C)(C)n1[cH+]n(-c2cccc(N(c3ccccc3)c3ccc4c5ccccc5n(-c5cc(-c6ccccc6-c6ccccc6)ccn5)c4c3)c2)c2ccccc21. The van der Waals surface area contributed by atoms with Crippen molar-refractivity contribution in [2.45, 2.75) is 26.3 Å². The summed E-state index contributed by atoms with van der Waals surface area (Å²) in [5.74, 6) is 0.874. The Morgan fingerprint density at radius 1 is 0.474 bits per heavy atom. The average molecular weight is 737 g/mol. The second-order valence-electron chi connectivity index (χ2n) is 15.6. The fourth-order valence-corrected chi connectivity index (χ4v) is 8.32. The number of nitrogens with zero attached hydrogens (tertiary/aromatic N) is 5. The molecule has 0 bridgehead atoms. The van der Waals surface area contributed by atoms with E-state index in [1.807, 2.05) is 6.20 Å². The summed E-state index contributed by atoms with van der Waals surface area (Å²) in [6, 6.07) is 67.2. The molecule has 0 unspecified atom stereocenters. The van der Waals surface area contributed by atoms with Gasteiger partial charge in [0.25, 0.3) is 0 Å². The molecule has 0 aliphatic rings. The van der Waals surface area contributed by atoms with Gasteiger partial charge in [0.1, 0.15) is 11.5 Å². The van der Waals surface area contributed by atoms with Crippen LogP contribution in [0.25, 0.3) is 66.6 Å². The van der Waals surface area contributed by atoms with Gasteiger partial charge in [-0.3, -0.25) is 4.57 Å². The van der Waals surface area contributed by atoms with Crippen LogP contribution in [0, 0.1) is 0 Å². The van der Waals surface area contributed by atoms with Crippen LogP contribution in [0.5, 0.6) is 0 Å². The third kappa shape index (κ3) is 6.05. The monoisotopic (exact) mass is 736 g/mol. The Bertz CT molecular complexity index is 3060. The zero-order chi connectivity index (χ0) is 38.5. The first-order valence-electron chi connectivity index (χ1n) is 19.5. The standard InChI is InChI=1S/C52H42N5/c1-52(2,3)55-36-54(48-27-14-15-28-49(48)55)40-21-16-22-41(34-40)56(39-19-8-5-9-20-39)42-29-30-46-45-25-12-13-26-47(45)57(50(46)35-42)51-33-38(31-32-53-51)44-24-11-10-23-43(44)37-17-6-4-7-18-37/h4-36H,1-3H3/q+1. The van der Waals surface area contributed by atoms with Crippen LogP contribution in [-0.2, 0) is 5.54 Å². The number of aromatic nitrogens is 4. The normalized spacial score (nSPS) is 11.8. The van der Waals surface area contributed by atoms with Crippen LogP contribution in [0.4, 0.5) is 17.1 Å². The molecule has 0 radical (unpaired) electrons. The van der Waals surface area contributed by atoms with Gasteiger partial charge in [-0.05, 0) is 110 Å². The van der Waals surface area contributed by atoms with Crippen LogP contribution < -0.4 is 4.90 Å². The van der Waals surface area contributed by atoms with Crippen LogP contribution in [0.2, 0.25) is 0 Å². The number of imidazole rings is 1. The second kappa shape index (κ2) is 13.8. The maximum atomic E-state index is 5.03. The fourth-order valence-electron chi connectivity index (χ4n) is 8.32. The third-order valence-corrected chi connectivity index (χ3v) is 10.9. The lowest BCUT2D eigenvalue weighted by Crippen LogP contribution is -2.20. The summed E-state index contributed by atoms with van der Waals surface area (Å²) in [6.45, 7) is 6.76. The molecule has 0 saturated heterocycles. The van der Waals surface area contributed by atoms with Gasteiger partial charge in [0.15, 0.2) is 17.4 Å². The zero-order valence-corrected chi connectivity index (χ0v) is 32.3. The topological polar surface area (TPSA) is 30.9 Å². The fraction of sp³-hybridized carbons (Fsp3) is 0.0769. The third-order valence-electron chi connectivity index (χ3n) is 10.9. The molecule has 0 saturated carbocycles. The lowest BCUT2D eigenvalue weighted by Gasteiger charge is -2.25. The van der Waals surface area contributed by atoms with E-state index in [0.717, 1.165) is 45.2 Å². The number of pyridine rings is 1. The highest BCUT2D eigenvalue weighted by atomic mass is 15.2. The van der Waals surface area contributed by atoms with Crippen LogP contribution in [-0.4, -0.2) is 18.7 Å². The lowest BCUT2D eigenvalue weighted by molar-refractivity contribution is 0.406. The molecule has 0 amide bonds. The van der Waals surface area contributed by atoms with Crippen LogP contribution in [0.3, 0.4) is 0 Å². The van der Waals surface area contributed by atoms with Gasteiger partial charge in [0, 0.05) is 52.6 Å². The van der Waals surface area contributed by atoms with Crippen molar-refractivity contribution in [1.82, 2.24) is 18.7 Å². The van der Waals surface area contributed by atoms with E-state index in [1.165, 1.54) is 38.5 Å². The molecule has 0 atom stereocenters. The van der Waals surface area contributed by atoms with E-state index in [2.05, 4.69) is 234 Å². The van der Waals surface area contributed by atoms with Gasteiger partial charge < -0.3 is 4.90 Å². The maximum absolute atomic E-state index is 5.03. The summed E-state index contributed by atoms with van der Waals surface area (Å²) in [6.07, 6.45) is 4.17. The van der Waals surface area contributed by atoms with Crippen LogP contribution in [0.1, 0.15) is 20.8 Å². The number of anilines is 3. The zero-order valence-electron chi connectivity index (χ0n) is 32.3. The molecule has 7 aromatic carbocycles. The Kier molecular flexibility index (Phi) is 8.30.